The SMILES string of the molecule is COc1cc2c(cc1OC)[C@@H](CC(=O)O)N(C(=O)OC(C)(C)C)CC2. The predicted octanol–water partition coefficient (Wildman–Crippen LogP) is 3.01. The first-order valence-electron chi connectivity index (χ1n) is 8.12. The molecule has 138 valence electrons. The summed E-state index contributed by atoms with van der Waals surface area (Å²) in [5.41, 5.74) is 1.05. The summed E-state index contributed by atoms with van der Waals surface area (Å²) in [6.45, 7) is 5.73. The highest BCUT2D eigenvalue weighted by atomic mass is 16.6. The summed E-state index contributed by atoms with van der Waals surface area (Å²) in [6, 6.07) is 2.98. The summed E-state index contributed by atoms with van der Waals surface area (Å²) < 4.78 is 16.1. The van der Waals surface area contributed by atoms with E-state index in [1.807, 2.05) is 6.07 Å². The van der Waals surface area contributed by atoms with Crippen molar-refractivity contribution in [2.24, 2.45) is 0 Å². The minimum Gasteiger partial charge on any atom is -0.493 e. The maximum Gasteiger partial charge on any atom is 0.410 e. The maximum absolute atomic E-state index is 12.5. The van der Waals surface area contributed by atoms with E-state index in [2.05, 4.69) is 0 Å². The van der Waals surface area contributed by atoms with E-state index in [1.165, 1.54) is 12.0 Å². The van der Waals surface area contributed by atoms with Gasteiger partial charge in [-0.2, -0.15) is 0 Å². The number of hydrogen-bond donors (Lipinski definition) is 1. The second-order valence-electron chi connectivity index (χ2n) is 6.94. The standard InChI is InChI=1S/C18H25NO6/c1-18(2,3)25-17(22)19-7-6-11-8-14(23-4)15(24-5)9-12(11)13(19)10-16(20)21/h8-9,13H,6-7,10H2,1-5H3,(H,20,21)/t13-/m1/s1. The molecule has 0 saturated heterocycles. The molecule has 0 bridgehead atoms. The van der Waals surface area contributed by atoms with Crippen molar-refractivity contribution in [2.45, 2.75) is 45.3 Å². The lowest BCUT2D eigenvalue weighted by atomic mass is 9.90. The molecule has 1 aliphatic rings. The van der Waals surface area contributed by atoms with Crippen molar-refractivity contribution >= 4 is 12.1 Å². The number of nitrogens with zero attached hydrogens (tertiary/aromatic N) is 1. The van der Waals surface area contributed by atoms with Gasteiger partial charge in [0.2, 0.25) is 0 Å². The zero-order valence-electron chi connectivity index (χ0n) is 15.3. The molecule has 1 atom stereocenters. The molecule has 0 radical (unpaired) electrons. The monoisotopic (exact) mass is 351 g/mol. The number of methoxy groups -OCH3 is 2. The molecule has 1 heterocycles. The Labute approximate surface area is 147 Å². The summed E-state index contributed by atoms with van der Waals surface area (Å²) in [5, 5.41) is 9.32. The van der Waals surface area contributed by atoms with E-state index in [0.29, 0.717) is 24.5 Å². The van der Waals surface area contributed by atoms with E-state index in [1.54, 1.807) is 33.9 Å². The Bertz CT molecular complexity index is 664. The fourth-order valence-corrected chi connectivity index (χ4v) is 2.95. The molecule has 1 amide bonds. The van der Waals surface area contributed by atoms with Crippen LogP contribution in [0.4, 0.5) is 4.79 Å². The van der Waals surface area contributed by atoms with Gasteiger partial charge in [-0.25, -0.2) is 4.79 Å². The van der Waals surface area contributed by atoms with Gasteiger partial charge in [-0.3, -0.25) is 4.79 Å². The van der Waals surface area contributed by atoms with Gasteiger partial charge in [0.15, 0.2) is 11.5 Å². The molecule has 0 aromatic heterocycles. The molecular weight excluding hydrogens is 326 g/mol. The first kappa shape index (κ1) is 18.9. The number of fused-ring (bicyclic) bond motifs is 1. The van der Waals surface area contributed by atoms with Crippen molar-refractivity contribution in [3.63, 3.8) is 0 Å². The number of amides is 1. The molecule has 1 N–H and O–H groups in total. The predicted molar refractivity (Wildman–Crippen MR) is 91.2 cm³/mol. The highest BCUT2D eigenvalue weighted by Gasteiger charge is 2.35. The van der Waals surface area contributed by atoms with Crippen LogP contribution in [0.25, 0.3) is 0 Å². The molecule has 1 aromatic carbocycles. The minimum absolute atomic E-state index is 0.207. The number of carbonyl (C=O) groups excluding carboxylic acids is 1. The molecule has 7 nitrogen and oxygen atoms in total. The number of rotatable bonds is 4. The molecular formula is C18H25NO6. The van der Waals surface area contributed by atoms with Gasteiger partial charge in [-0.05, 0) is 50.5 Å². The van der Waals surface area contributed by atoms with Gasteiger partial charge in [0.1, 0.15) is 5.60 Å². The van der Waals surface area contributed by atoms with Crippen molar-refractivity contribution < 1.29 is 28.9 Å². The van der Waals surface area contributed by atoms with E-state index in [9.17, 15) is 14.7 Å². The molecule has 0 spiro atoms. The first-order chi connectivity index (χ1) is 11.7. The topological polar surface area (TPSA) is 85.3 Å². The fourth-order valence-electron chi connectivity index (χ4n) is 2.95. The van der Waals surface area contributed by atoms with Crippen molar-refractivity contribution in [3.8, 4) is 11.5 Å². The zero-order valence-corrected chi connectivity index (χ0v) is 15.3. The second-order valence-corrected chi connectivity index (χ2v) is 6.94. The van der Waals surface area contributed by atoms with Gasteiger partial charge in [0, 0.05) is 6.54 Å². The van der Waals surface area contributed by atoms with E-state index < -0.39 is 23.7 Å². The van der Waals surface area contributed by atoms with Gasteiger partial charge in [-0.1, -0.05) is 0 Å². The van der Waals surface area contributed by atoms with Crippen LogP contribution in [-0.2, 0) is 16.0 Å². The summed E-state index contributed by atoms with van der Waals surface area (Å²) >= 11 is 0. The molecule has 7 heteroatoms. The van der Waals surface area contributed by atoms with Crippen molar-refractivity contribution in [2.75, 3.05) is 20.8 Å². The lowest BCUT2D eigenvalue weighted by molar-refractivity contribution is -0.138. The molecule has 0 saturated carbocycles. The third-order valence-electron chi connectivity index (χ3n) is 4.00. The minimum atomic E-state index is -0.985. The van der Waals surface area contributed by atoms with Gasteiger partial charge < -0.3 is 24.2 Å². The van der Waals surface area contributed by atoms with Gasteiger partial charge in [0.05, 0.1) is 26.7 Å². The van der Waals surface area contributed by atoms with Crippen LogP contribution in [0.2, 0.25) is 0 Å². The highest BCUT2D eigenvalue weighted by molar-refractivity contribution is 5.73. The number of benzene rings is 1. The quantitative estimate of drug-likeness (QED) is 0.897. The first-order valence-corrected chi connectivity index (χ1v) is 8.12. The lowest BCUT2D eigenvalue weighted by Gasteiger charge is -2.37. The van der Waals surface area contributed by atoms with Crippen molar-refractivity contribution in [3.05, 3.63) is 23.3 Å². The van der Waals surface area contributed by atoms with E-state index in [0.717, 1.165) is 11.1 Å². The molecule has 0 aliphatic carbocycles. The largest absolute Gasteiger partial charge is 0.493 e. The number of aliphatic carboxylic acids is 1. The normalized spacial score (nSPS) is 16.8. The molecule has 0 unspecified atom stereocenters. The van der Waals surface area contributed by atoms with Crippen LogP contribution in [0.1, 0.15) is 44.4 Å². The maximum atomic E-state index is 12.5. The van der Waals surface area contributed by atoms with Gasteiger partial charge in [0.25, 0.3) is 0 Å². The van der Waals surface area contributed by atoms with E-state index in [-0.39, 0.29) is 6.42 Å². The van der Waals surface area contributed by atoms with Crippen LogP contribution in [0.5, 0.6) is 11.5 Å². The summed E-state index contributed by atoms with van der Waals surface area (Å²) in [5.74, 6) is 0.102. The van der Waals surface area contributed by atoms with E-state index in [4.69, 9.17) is 14.2 Å². The number of hydrogen-bond acceptors (Lipinski definition) is 5. The van der Waals surface area contributed by atoms with Crippen LogP contribution in [0.15, 0.2) is 12.1 Å². The van der Waals surface area contributed by atoms with Crippen molar-refractivity contribution in [1.82, 2.24) is 4.90 Å². The van der Waals surface area contributed by atoms with Crippen LogP contribution in [-0.4, -0.2) is 48.4 Å². The second kappa shape index (κ2) is 7.21. The molecule has 1 aromatic rings. The van der Waals surface area contributed by atoms with Crippen LogP contribution in [0.3, 0.4) is 0 Å². The van der Waals surface area contributed by atoms with Crippen molar-refractivity contribution in [1.29, 1.82) is 0 Å². The average Bonchev–Trinajstić information content (AvgIpc) is 2.51. The summed E-state index contributed by atoms with van der Waals surface area (Å²) in [6.07, 6.45) is -0.133. The van der Waals surface area contributed by atoms with Crippen LogP contribution in [0, 0.1) is 0 Å². The molecule has 2 rings (SSSR count). The van der Waals surface area contributed by atoms with E-state index >= 15 is 0 Å². The number of carboxylic acid groups (broad SMARTS) is 1. The Morgan fingerprint density at radius 2 is 1.80 bits per heavy atom. The molecule has 1 aliphatic heterocycles. The Kier molecular flexibility index (Phi) is 5.45. The smallest absolute Gasteiger partial charge is 0.410 e. The summed E-state index contributed by atoms with van der Waals surface area (Å²) in [4.78, 5) is 25.4. The molecule has 25 heavy (non-hydrogen) atoms. The van der Waals surface area contributed by atoms with Crippen LogP contribution >= 0.6 is 0 Å². The highest BCUT2D eigenvalue weighted by Crippen LogP contribution is 2.39. The Morgan fingerprint density at radius 1 is 1.20 bits per heavy atom. The Balaban J connectivity index is 2.44. The number of carboxylic acids is 1. The molecule has 0 fully saturated rings. The van der Waals surface area contributed by atoms with Gasteiger partial charge in [-0.15, -0.1) is 0 Å². The fraction of sp³-hybridized carbons (Fsp3) is 0.556. The third-order valence-corrected chi connectivity index (χ3v) is 4.00. The van der Waals surface area contributed by atoms with Crippen LogP contribution < -0.4 is 9.47 Å². The average molecular weight is 351 g/mol. The Hall–Kier alpha value is -2.44. The third kappa shape index (κ3) is 4.35. The van der Waals surface area contributed by atoms with Gasteiger partial charge >= 0.3 is 12.1 Å². The number of carbonyl (C=O) groups is 2. The zero-order chi connectivity index (χ0) is 18.8. The Morgan fingerprint density at radius 3 is 2.32 bits per heavy atom. The summed E-state index contributed by atoms with van der Waals surface area (Å²) in [7, 11) is 3.07. The lowest BCUT2D eigenvalue weighted by Crippen LogP contribution is -2.43. The number of ether oxygens (including phenoxy) is 3.